The van der Waals surface area contributed by atoms with Crippen LogP contribution in [0.3, 0.4) is 0 Å². The van der Waals surface area contributed by atoms with Crippen LogP contribution in [0, 0.1) is 18.3 Å². The molecule has 1 aliphatic rings. The van der Waals surface area contributed by atoms with E-state index in [0.717, 1.165) is 32.4 Å². The Balaban J connectivity index is 1.77. The number of nitrogens with zero attached hydrogens (tertiary/aromatic N) is 6. The highest BCUT2D eigenvalue weighted by molar-refractivity contribution is 5.86. The van der Waals surface area contributed by atoms with E-state index < -0.39 is 0 Å². The van der Waals surface area contributed by atoms with Gasteiger partial charge in [0.05, 0.1) is 5.52 Å². The molecule has 0 aliphatic carbocycles. The molecule has 0 spiro atoms. The number of pyridine rings is 1. The molecule has 178 valence electrons. The number of aromatic nitrogens is 3. The average molecular weight is 459 g/mol. The van der Waals surface area contributed by atoms with Crippen molar-refractivity contribution in [3.05, 3.63) is 63.7 Å². The number of nitriles is 1. The predicted octanol–water partition coefficient (Wildman–Crippen LogP) is 4.34. The number of aryl methyl sites for hydroxylation is 2. The van der Waals surface area contributed by atoms with Gasteiger partial charge in [-0.05, 0) is 43.9 Å². The monoisotopic (exact) mass is 458 g/mol. The molecule has 1 aromatic carbocycles. The van der Waals surface area contributed by atoms with E-state index in [4.69, 9.17) is 0 Å². The summed E-state index contributed by atoms with van der Waals surface area (Å²) in [5.74, 6) is 0.600. The summed E-state index contributed by atoms with van der Waals surface area (Å²) in [6, 6.07) is 15.3. The second-order valence-electron chi connectivity index (χ2n) is 9.26. The highest BCUT2D eigenvalue weighted by atomic mass is 16.1. The van der Waals surface area contributed by atoms with Gasteiger partial charge in [-0.2, -0.15) is 10.2 Å². The van der Waals surface area contributed by atoms with Crippen LogP contribution in [0.5, 0.6) is 0 Å². The van der Waals surface area contributed by atoms with Crippen LogP contribution in [0.2, 0.25) is 0 Å². The van der Waals surface area contributed by atoms with Gasteiger partial charge in [0.2, 0.25) is 0 Å². The lowest BCUT2D eigenvalue weighted by molar-refractivity contribution is 0.0895. The van der Waals surface area contributed by atoms with Crippen molar-refractivity contribution < 1.29 is 0 Å². The molecule has 7 nitrogen and oxygen atoms in total. The van der Waals surface area contributed by atoms with Crippen LogP contribution in [-0.2, 0) is 7.05 Å². The highest BCUT2D eigenvalue weighted by Gasteiger charge is 2.37. The first-order valence-corrected chi connectivity index (χ1v) is 12.3. The number of anilines is 1. The second-order valence-corrected chi connectivity index (χ2v) is 9.26. The van der Waals surface area contributed by atoms with Gasteiger partial charge in [0.15, 0.2) is 5.82 Å². The molecule has 3 aromatic rings. The van der Waals surface area contributed by atoms with E-state index in [9.17, 15) is 10.1 Å². The molecular formula is C27H34N6O. The van der Waals surface area contributed by atoms with Gasteiger partial charge in [-0.1, -0.05) is 50.6 Å². The molecule has 3 atom stereocenters. The topological polar surface area (TPSA) is 78.0 Å². The smallest absolute Gasteiger partial charge is 0.349 e. The predicted molar refractivity (Wildman–Crippen MR) is 136 cm³/mol. The fraction of sp³-hybridized carbons (Fsp3) is 0.481. The van der Waals surface area contributed by atoms with Crippen molar-refractivity contribution in [2.45, 2.75) is 65.1 Å². The molecule has 2 unspecified atom stereocenters. The van der Waals surface area contributed by atoms with Crippen molar-refractivity contribution in [2.75, 3.05) is 18.0 Å². The summed E-state index contributed by atoms with van der Waals surface area (Å²) in [7, 11) is 1.70. The molecule has 1 fully saturated rings. The van der Waals surface area contributed by atoms with Gasteiger partial charge < -0.3 is 4.90 Å². The molecule has 3 heterocycles. The van der Waals surface area contributed by atoms with Gasteiger partial charge in [0, 0.05) is 38.3 Å². The van der Waals surface area contributed by atoms with Crippen molar-refractivity contribution in [3.63, 3.8) is 0 Å². The van der Waals surface area contributed by atoms with E-state index in [-0.39, 0.29) is 11.7 Å². The summed E-state index contributed by atoms with van der Waals surface area (Å²) in [6.07, 6.45) is 2.96. The van der Waals surface area contributed by atoms with E-state index in [2.05, 4.69) is 77.8 Å². The standard InChI is InChI=1S/C27H34N6O/c1-6-21-17-33(26-25-24(31(5)27(34)30-26)14-13-20(15-28)29-25)22(7-2)16-32(21)23(8-3)19-11-9-18(4)10-12-19/h9-14,21-23H,6-8,16-17H2,1-5H3/t21-,22?,23?/m1/s1. The minimum atomic E-state index is -0.301. The number of hydrogen-bond acceptors (Lipinski definition) is 6. The van der Waals surface area contributed by atoms with Crippen LogP contribution in [0.25, 0.3) is 11.0 Å². The fourth-order valence-corrected chi connectivity index (χ4v) is 5.25. The van der Waals surface area contributed by atoms with Crippen LogP contribution in [0.15, 0.2) is 41.2 Å². The Hall–Kier alpha value is -3.24. The Morgan fingerprint density at radius 1 is 1.03 bits per heavy atom. The van der Waals surface area contributed by atoms with Gasteiger partial charge in [-0.15, -0.1) is 0 Å². The van der Waals surface area contributed by atoms with E-state index in [0.29, 0.717) is 34.6 Å². The largest absolute Gasteiger partial charge is 0.349 e. The van der Waals surface area contributed by atoms with E-state index in [1.54, 1.807) is 19.2 Å². The number of rotatable bonds is 6. The summed E-state index contributed by atoms with van der Waals surface area (Å²) in [5.41, 5.74) is 3.98. The first-order valence-electron chi connectivity index (χ1n) is 12.3. The van der Waals surface area contributed by atoms with E-state index in [1.165, 1.54) is 15.7 Å². The lowest BCUT2D eigenvalue weighted by Crippen LogP contribution is -2.59. The summed E-state index contributed by atoms with van der Waals surface area (Å²) in [4.78, 5) is 26.7. The first kappa shape index (κ1) is 23.9. The van der Waals surface area contributed by atoms with Gasteiger partial charge >= 0.3 is 5.69 Å². The van der Waals surface area contributed by atoms with E-state index in [1.807, 2.05) is 0 Å². The third kappa shape index (κ3) is 4.30. The summed E-state index contributed by atoms with van der Waals surface area (Å²) in [5, 5.41) is 9.43. The normalized spacial score (nSPS) is 19.8. The maximum absolute atomic E-state index is 12.8. The zero-order valence-electron chi connectivity index (χ0n) is 20.8. The van der Waals surface area contributed by atoms with Crippen molar-refractivity contribution in [1.29, 1.82) is 5.26 Å². The molecule has 1 aliphatic heterocycles. The van der Waals surface area contributed by atoms with Gasteiger partial charge in [0.1, 0.15) is 17.3 Å². The average Bonchev–Trinajstić information content (AvgIpc) is 2.87. The number of fused-ring (bicyclic) bond motifs is 1. The van der Waals surface area contributed by atoms with Crippen LogP contribution < -0.4 is 10.6 Å². The minimum absolute atomic E-state index is 0.192. The maximum atomic E-state index is 12.8. The van der Waals surface area contributed by atoms with Crippen molar-refractivity contribution in [2.24, 2.45) is 7.05 Å². The number of benzene rings is 1. The lowest BCUT2D eigenvalue weighted by Gasteiger charge is -2.49. The van der Waals surface area contributed by atoms with Gasteiger partial charge in [-0.25, -0.2) is 9.78 Å². The molecule has 7 heteroatoms. The van der Waals surface area contributed by atoms with Gasteiger partial charge in [-0.3, -0.25) is 9.47 Å². The van der Waals surface area contributed by atoms with Crippen LogP contribution in [0.1, 0.15) is 62.9 Å². The Morgan fingerprint density at radius 2 is 1.74 bits per heavy atom. The number of piperazine rings is 1. The molecule has 0 amide bonds. The highest BCUT2D eigenvalue weighted by Crippen LogP contribution is 2.35. The second kappa shape index (κ2) is 9.94. The number of hydrogen-bond donors (Lipinski definition) is 0. The van der Waals surface area contributed by atoms with Crippen molar-refractivity contribution in [3.8, 4) is 6.07 Å². The molecule has 0 N–H and O–H groups in total. The van der Waals surface area contributed by atoms with Crippen LogP contribution in [0.4, 0.5) is 5.82 Å². The molecule has 0 bridgehead atoms. The van der Waals surface area contributed by atoms with Crippen molar-refractivity contribution in [1.82, 2.24) is 19.4 Å². The van der Waals surface area contributed by atoms with Crippen LogP contribution in [-0.4, -0.2) is 44.6 Å². The molecule has 2 aromatic heterocycles. The Labute approximate surface area is 201 Å². The zero-order chi connectivity index (χ0) is 24.4. The van der Waals surface area contributed by atoms with Crippen LogP contribution >= 0.6 is 0 Å². The molecule has 1 saturated heterocycles. The first-order chi connectivity index (χ1) is 16.4. The van der Waals surface area contributed by atoms with E-state index >= 15 is 0 Å². The minimum Gasteiger partial charge on any atom is -0.349 e. The zero-order valence-corrected chi connectivity index (χ0v) is 20.8. The summed E-state index contributed by atoms with van der Waals surface area (Å²) < 4.78 is 1.51. The Morgan fingerprint density at radius 3 is 2.35 bits per heavy atom. The molecule has 0 radical (unpaired) electrons. The summed E-state index contributed by atoms with van der Waals surface area (Å²) >= 11 is 0. The lowest BCUT2D eigenvalue weighted by atomic mass is 9.94. The maximum Gasteiger partial charge on any atom is 0.349 e. The fourth-order valence-electron chi connectivity index (χ4n) is 5.25. The van der Waals surface area contributed by atoms with Crippen molar-refractivity contribution >= 4 is 16.9 Å². The molecular weight excluding hydrogens is 424 g/mol. The molecule has 34 heavy (non-hydrogen) atoms. The third-order valence-electron chi connectivity index (χ3n) is 7.25. The Bertz CT molecular complexity index is 1260. The third-order valence-corrected chi connectivity index (χ3v) is 7.25. The van der Waals surface area contributed by atoms with Gasteiger partial charge in [0.25, 0.3) is 0 Å². The quantitative estimate of drug-likeness (QED) is 0.547. The molecule has 4 rings (SSSR count). The molecule has 0 saturated carbocycles. The SMILES string of the molecule is CCC1CN(C(CC)c2ccc(C)cc2)[C@H](CC)CN1c1nc(=O)n(C)c2ccc(C#N)nc12. The summed E-state index contributed by atoms with van der Waals surface area (Å²) in [6.45, 7) is 10.5. The Kier molecular flexibility index (Phi) is 6.99.